The molecule has 0 bridgehead atoms. The zero-order valence-corrected chi connectivity index (χ0v) is 36.9. The van der Waals surface area contributed by atoms with Crippen LogP contribution in [-0.4, -0.2) is 44.0 Å². The summed E-state index contributed by atoms with van der Waals surface area (Å²) in [6, 6.07) is 45.4. The van der Waals surface area contributed by atoms with E-state index in [1.165, 1.54) is 0 Å². The maximum Gasteiger partial charge on any atom is 0.264 e. The number of thiazole rings is 1. The number of anilines is 3. The van der Waals surface area contributed by atoms with E-state index >= 15 is 0 Å². The minimum atomic E-state index is -4.38. The van der Waals surface area contributed by atoms with Crippen molar-refractivity contribution >= 4 is 98.2 Å². The summed E-state index contributed by atoms with van der Waals surface area (Å²) in [7, 11) is -8.51. The van der Waals surface area contributed by atoms with Gasteiger partial charge in [0, 0.05) is 46.5 Å². The van der Waals surface area contributed by atoms with Crippen LogP contribution in [0.15, 0.2) is 178 Å². The summed E-state index contributed by atoms with van der Waals surface area (Å²) in [6.45, 7) is 0.779. The molecule has 7 aromatic rings. The van der Waals surface area contributed by atoms with E-state index in [1.807, 2.05) is 60.7 Å². The smallest absolute Gasteiger partial charge is 0.264 e. The maximum absolute atomic E-state index is 11.8. The van der Waals surface area contributed by atoms with Crippen LogP contribution in [0, 0.1) is 0 Å². The van der Waals surface area contributed by atoms with Crippen LogP contribution in [0.25, 0.3) is 37.8 Å². The zero-order chi connectivity index (χ0) is 42.8. The predicted molar refractivity (Wildman–Crippen MR) is 253 cm³/mol. The summed E-state index contributed by atoms with van der Waals surface area (Å²) in [6.07, 6.45) is 10.6. The Morgan fingerprint density at radius 1 is 0.710 bits per heavy atom. The van der Waals surface area contributed by atoms with Crippen LogP contribution in [0.4, 0.5) is 17.1 Å². The maximum atomic E-state index is 11.8. The first-order chi connectivity index (χ1) is 30.0. The molecule has 1 aliphatic heterocycles. The van der Waals surface area contributed by atoms with Crippen molar-refractivity contribution in [3.05, 3.63) is 179 Å². The Labute approximate surface area is 370 Å². The summed E-state index contributed by atoms with van der Waals surface area (Å²) in [5.74, 6) is -0.771. The van der Waals surface area contributed by atoms with Crippen LogP contribution in [-0.2, 0) is 26.8 Å². The Morgan fingerprint density at radius 2 is 1.35 bits per heavy atom. The normalized spacial score (nSPS) is 15.9. The molecule has 9 nitrogen and oxygen atoms in total. The van der Waals surface area contributed by atoms with Crippen LogP contribution in [0.5, 0.6) is 0 Å². The predicted octanol–water partition coefficient (Wildman–Crippen LogP) is 11.0. The van der Waals surface area contributed by atoms with Crippen LogP contribution >= 0.6 is 23.1 Å². The van der Waals surface area contributed by atoms with Crippen LogP contribution in [0.3, 0.4) is 0 Å². The molecule has 6 aromatic carbocycles. The third-order valence-electron chi connectivity index (χ3n) is 11.2. The monoisotopic (exact) mass is 897 g/mol. The number of para-hydroxylation sites is 2. The van der Waals surface area contributed by atoms with Crippen molar-refractivity contribution in [3.8, 4) is 0 Å². The summed E-state index contributed by atoms with van der Waals surface area (Å²) in [5.41, 5.74) is 7.35. The lowest BCUT2D eigenvalue weighted by Crippen LogP contribution is -2.36. The summed E-state index contributed by atoms with van der Waals surface area (Å²) < 4.78 is 71.6. The average molecular weight is 898 g/mol. The minimum Gasteiger partial charge on any atom is -0.748 e. The molecule has 1 N–H and O–H groups in total. The molecule has 0 unspecified atom stereocenters. The molecule has 1 aromatic heterocycles. The van der Waals surface area contributed by atoms with Crippen molar-refractivity contribution in [2.45, 2.75) is 37.1 Å². The third kappa shape index (κ3) is 9.01. The molecule has 2 heterocycles. The highest BCUT2D eigenvalue weighted by atomic mass is 32.2. The number of hydrogen-bond donors (Lipinski definition) is 1. The Kier molecular flexibility index (Phi) is 11.9. The highest BCUT2D eigenvalue weighted by Crippen LogP contribution is 2.50. The van der Waals surface area contributed by atoms with Crippen molar-refractivity contribution in [2.24, 2.45) is 0 Å². The first-order valence-corrected chi connectivity index (χ1v) is 25.3. The van der Waals surface area contributed by atoms with Crippen molar-refractivity contribution < 1.29 is 30.5 Å². The van der Waals surface area contributed by atoms with Gasteiger partial charge in [-0.3, -0.25) is 4.55 Å². The molecule has 62 heavy (non-hydrogen) atoms. The molecule has 0 fully saturated rings. The number of allylic oxidation sites excluding steroid dienone is 5. The highest BCUT2D eigenvalue weighted by Gasteiger charge is 2.30. The van der Waals surface area contributed by atoms with Crippen LogP contribution in [0.2, 0.25) is 0 Å². The van der Waals surface area contributed by atoms with Crippen molar-refractivity contribution in [3.63, 3.8) is 0 Å². The number of rotatable bonds is 14. The number of aromatic nitrogens is 1. The Morgan fingerprint density at radius 3 is 2.05 bits per heavy atom. The Balaban J connectivity index is 1.18. The van der Waals surface area contributed by atoms with Gasteiger partial charge in [-0.15, -0.1) is 0 Å². The molecule has 0 radical (unpaired) electrons. The number of fused-ring (bicyclic) bond motifs is 6. The van der Waals surface area contributed by atoms with E-state index in [1.54, 1.807) is 23.1 Å². The lowest BCUT2D eigenvalue weighted by Gasteiger charge is -2.28. The first-order valence-electron chi connectivity index (χ1n) is 20.4. The number of benzene rings is 6. The number of thioether (sulfide) groups is 1. The van der Waals surface area contributed by atoms with Crippen LogP contribution in [0.1, 0.15) is 30.7 Å². The molecule has 314 valence electrons. The Bertz CT molecular complexity index is 3140. The zero-order valence-electron chi connectivity index (χ0n) is 33.6. The molecule has 9 rings (SSSR count). The SMILES string of the molecule is O=S(=O)([O-])CCC[n+]1c(C=CC2=C(N(c3ccccc3)c3ccccc3)/C(=C/C=C3\Sc4ccc5ccccc5c4N3CCCS(=O)(=O)O)CC2)sc2ccc3ccccc3c21. The highest BCUT2D eigenvalue weighted by molar-refractivity contribution is 8.03. The molecule has 0 saturated heterocycles. The first kappa shape index (κ1) is 41.8. The van der Waals surface area contributed by atoms with Gasteiger partial charge >= 0.3 is 0 Å². The quantitative estimate of drug-likeness (QED) is 0.0840. The number of nitrogens with zero attached hydrogens (tertiary/aromatic N) is 3. The summed E-state index contributed by atoms with van der Waals surface area (Å²) >= 11 is 3.29. The van der Waals surface area contributed by atoms with Gasteiger partial charge in [0.25, 0.3) is 15.1 Å². The van der Waals surface area contributed by atoms with Gasteiger partial charge in [-0.2, -0.15) is 13.0 Å². The largest absolute Gasteiger partial charge is 0.748 e. The van der Waals surface area contributed by atoms with Crippen molar-refractivity contribution in [1.82, 2.24) is 0 Å². The molecule has 0 saturated carbocycles. The van der Waals surface area contributed by atoms with E-state index in [9.17, 15) is 25.9 Å². The molecule has 2 aliphatic rings. The summed E-state index contributed by atoms with van der Waals surface area (Å²) in [4.78, 5) is 5.56. The standard InChI is InChI=1S/C49H43N3O6S4/c53-61(54,55)33-11-31-50-45(59-43-27-23-35-13-7-9-19-41(35)48(43)50)29-25-37-21-22-38(47(37)52(39-15-3-1-4-16-39)40-17-5-2-6-18-40)26-30-46-51(32-12-34-62(56,57)58)49-42-20-10-8-14-36(42)24-28-44(49)60-46/h1-10,13-20,23-30H,11-12,21-22,31-34H2,(H-,53,54,55,56,57,58). The second-order valence-corrected chi connectivity index (χ2v) is 20.5. The average Bonchev–Trinajstić information content (AvgIpc) is 3.95. The van der Waals surface area contributed by atoms with Crippen LogP contribution < -0.4 is 14.4 Å². The lowest BCUT2D eigenvalue weighted by molar-refractivity contribution is -0.667. The van der Waals surface area contributed by atoms with Crippen molar-refractivity contribution in [2.75, 3.05) is 27.9 Å². The molecule has 0 spiro atoms. The topological polar surface area (TPSA) is 122 Å². The fourth-order valence-corrected chi connectivity index (χ4v) is 11.7. The van der Waals surface area contributed by atoms with Gasteiger partial charge in [-0.1, -0.05) is 120 Å². The minimum absolute atomic E-state index is 0.197. The molecule has 1 aliphatic carbocycles. The van der Waals surface area contributed by atoms with E-state index in [0.29, 0.717) is 13.1 Å². The second kappa shape index (κ2) is 17.7. The van der Waals surface area contributed by atoms with Crippen molar-refractivity contribution in [1.29, 1.82) is 0 Å². The molecule has 0 atom stereocenters. The van der Waals surface area contributed by atoms with Gasteiger partial charge in [0.15, 0.2) is 6.54 Å². The number of hydrogen-bond acceptors (Lipinski definition) is 9. The molecular weight excluding hydrogens is 855 g/mol. The van der Waals surface area contributed by atoms with E-state index < -0.39 is 26.0 Å². The number of aryl methyl sites for hydroxylation is 1. The third-order valence-corrected chi connectivity index (χ3v) is 15.0. The van der Waals surface area contributed by atoms with Gasteiger partial charge in [0.1, 0.15) is 4.70 Å². The fraction of sp³-hybridized carbons (Fsp3) is 0.163. The van der Waals surface area contributed by atoms with E-state index in [0.717, 1.165) is 93.4 Å². The fourth-order valence-electron chi connectivity index (χ4n) is 8.47. The van der Waals surface area contributed by atoms with Gasteiger partial charge in [-0.05, 0) is 95.8 Å². The van der Waals surface area contributed by atoms with Gasteiger partial charge in [0.05, 0.1) is 37.7 Å². The van der Waals surface area contributed by atoms with E-state index in [4.69, 9.17) is 0 Å². The summed E-state index contributed by atoms with van der Waals surface area (Å²) in [5, 5.41) is 6.23. The Hall–Kier alpha value is -5.54. The van der Waals surface area contributed by atoms with Gasteiger partial charge in [0.2, 0.25) is 5.52 Å². The molecule has 13 heteroatoms. The van der Waals surface area contributed by atoms with Gasteiger partial charge in [-0.25, -0.2) is 8.42 Å². The lowest BCUT2D eigenvalue weighted by atomic mass is 10.1. The van der Waals surface area contributed by atoms with E-state index in [-0.39, 0.29) is 18.6 Å². The van der Waals surface area contributed by atoms with Gasteiger partial charge < -0.3 is 14.4 Å². The van der Waals surface area contributed by atoms with E-state index in [2.05, 4.69) is 111 Å². The second-order valence-electron chi connectivity index (χ2n) is 15.3. The molecule has 0 amide bonds. The molecular formula is C49H43N3O6S4.